The molecule has 0 saturated carbocycles. The van der Waals surface area contributed by atoms with Crippen LogP contribution in [0.3, 0.4) is 0 Å². The number of hydrogen-bond acceptors (Lipinski definition) is 2. The van der Waals surface area contributed by atoms with Gasteiger partial charge in [-0.25, -0.2) is 4.98 Å². The maximum Gasteiger partial charge on any atom is 0.112 e. The molecule has 1 aromatic heterocycles. The zero-order chi connectivity index (χ0) is 14.3. The average Bonchev–Trinajstić information content (AvgIpc) is 2.72. The van der Waals surface area contributed by atoms with Gasteiger partial charge >= 0.3 is 0 Å². The number of hydrogen-bond donors (Lipinski definition) is 1. The predicted molar refractivity (Wildman–Crippen MR) is 82.4 cm³/mol. The standard InChI is InChI=1S/C16H29N3/c1-6-11-19-12-10-17-15(19)13-14(2)8-7-9-18-16(3,4)5/h8,10,12,18H,6-7,9,11,13H2,1-5H3. The molecular weight excluding hydrogens is 234 g/mol. The van der Waals surface area contributed by atoms with Crippen LogP contribution in [0.5, 0.6) is 0 Å². The number of aryl methyl sites for hydroxylation is 1. The maximum atomic E-state index is 4.45. The molecule has 1 N–H and O–H groups in total. The van der Waals surface area contributed by atoms with Gasteiger partial charge in [0.05, 0.1) is 0 Å². The second-order valence-electron chi connectivity index (χ2n) is 6.23. The molecule has 0 amide bonds. The number of aromatic nitrogens is 2. The van der Waals surface area contributed by atoms with Crippen LogP contribution in [0.4, 0.5) is 0 Å². The van der Waals surface area contributed by atoms with E-state index in [2.05, 4.69) is 61.8 Å². The van der Waals surface area contributed by atoms with Gasteiger partial charge in [-0.1, -0.05) is 18.6 Å². The van der Waals surface area contributed by atoms with E-state index >= 15 is 0 Å². The Kier molecular flexibility index (Phi) is 6.29. The number of rotatable bonds is 7. The molecule has 108 valence electrons. The molecule has 3 nitrogen and oxygen atoms in total. The fourth-order valence-electron chi connectivity index (χ4n) is 2.04. The first-order chi connectivity index (χ1) is 8.92. The summed E-state index contributed by atoms with van der Waals surface area (Å²) in [5, 5.41) is 3.50. The summed E-state index contributed by atoms with van der Waals surface area (Å²) in [6.45, 7) is 13.1. The zero-order valence-corrected chi connectivity index (χ0v) is 13.2. The zero-order valence-electron chi connectivity index (χ0n) is 13.2. The summed E-state index contributed by atoms with van der Waals surface area (Å²) in [7, 11) is 0. The van der Waals surface area contributed by atoms with Gasteiger partial charge in [0.1, 0.15) is 5.82 Å². The summed E-state index contributed by atoms with van der Waals surface area (Å²) >= 11 is 0. The fraction of sp³-hybridized carbons (Fsp3) is 0.688. The molecule has 1 aromatic rings. The van der Waals surface area contributed by atoms with Gasteiger partial charge in [0.25, 0.3) is 0 Å². The Hall–Kier alpha value is -1.09. The molecule has 0 aliphatic rings. The topological polar surface area (TPSA) is 29.9 Å². The van der Waals surface area contributed by atoms with Crippen LogP contribution < -0.4 is 5.32 Å². The number of imidazole rings is 1. The van der Waals surface area contributed by atoms with Crippen molar-refractivity contribution in [1.82, 2.24) is 14.9 Å². The molecule has 3 heteroatoms. The van der Waals surface area contributed by atoms with E-state index in [1.54, 1.807) is 0 Å². The molecule has 0 spiro atoms. The summed E-state index contributed by atoms with van der Waals surface area (Å²) in [4.78, 5) is 4.45. The normalized spacial score (nSPS) is 13.0. The second-order valence-corrected chi connectivity index (χ2v) is 6.23. The molecule has 0 fully saturated rings. The maximum absolute atomic E-state index is 4.45. The van der Waals surface area contributed by atoms with Gasteiger partial charge < -0.3 is 9.88 Å². The molecule has 1 rings (SSSR count). The third-order valence-corrected chi connectivity index (χ3v) is 3.00. The quantitative estimate of drug-likeness (QED) is 0.602. The van der Waals surface area contributed by atoms with E-state index in [1.807, 2.05) is 6.20 Å². The van der Waals surface area contributed by atoms with Crippen molar-refractivity contribution in [2.24, 2.45) is 0 Å². The summed E-state index contributed by atoms with van der Waals surface area (Å²) in [5.41, 5.74) is 1.61. The number of nitrogens with zero attached hydrogens (tertiary/aromatic N) is 2. The average molecular weight is 263 g/mol. The van der Waals surface area contributed by atoms with Gasteiger partial charge in [0, 0.05) is 30.9 Å². The highest BCUT2D eigenvalue weighted by atomic mass is 15.1. The SMILES string of the molecule is CCCn1ccnc1CC(C)=CCCNC(C)(C)C. The van der Waals surface area contributed by atoms with E-state index in [-0.39, 0.29) is 5.54 Å². The first-order valence-electron chi connectivity index (χ1n) is 7.33. The number of allylic oxidation sites excluding steroid dienone is 1. The molecule has 1 heterocycles. The minimum atomic E-state index is 0.207. The van der Waals surface area contributed by atoms with Crippen LogP contribution in [0.1, 0.15) is 53.3 Å². The third-order valence-electron chi connectivity index (χ3n) is 3.00. The first kappa shape index (κ1) is 16.0. The minimum Gasteiger partial charge on any atom is -0.335 e. The lowest BCUT2D eigenvalue weighted by Crippen LogP contribution is -2.36. The van der Waals surface area contributed by atoms with Crippen LogP contribution in [0.15, 0.2) is 24.0 Å². The van der Waals surface area contributed by atoms with E-state index in [0.717, 1.165) is 32.4 Å². The molecular formula is C16H29N3. The van der Waals surface area contributed by atoms with Crippen molar-refractivity contribution >= 4 is 0 Å². The molecule has 0 unspecified atom stereocenters. The van der Waals surface area contributed by atoms with Crippen molar-refractivity contribution in [3.8, 4) is 0 Å². The van der Waals surface area contributed by atoms with Crippen LogP contribution in [-0.2, 0) is 13.0 Å². The Bertz CT molecular complexity index is 396. The Labute approximate surface area is 118 Å². The van der Waals surface area contributed by atoms with Gasteiger partial charge in [0.15, 0.2) is 0 Å². The van der Waals surface area contributed by atoms with E-state index in [4.69, 9.17) is 0 Å². The molecule has 0 radical (unpaired) electrons. The van der Waals surface area contributed by atoms with E-state index in [0.29, 0.717) is 0 Å². The summed E-state index contributed by atoms with van der Waals surface area (Å²) < 4.78 is 2.25. The van der Waals surface area contributed by atoms with Crippen molar-refractivity contribution in [2.75, 3.05) is 6.54 Å². The minimum absolute atomic E-state index is 0.207. The Morgan fingerprint density at radius 2 is 2.16 bits per heavy atom. The molecule has 0 saturated heterocycles. The van der Waals surface area contributed by atoms with Crippen LogP contribution in [0.2, 0.25) is 0 Å². The van der Waals surface area contributed by atoms with Crippen LogP contribution in [0.25, 0.3) is 0 Å². The lowest BCUT2D eigenvalue weighted by molar-refractivity contribution is 0.431. The van der Waals surface area contributed by atoms with Crippen molar-refractivity contribution in [1.29, 1.82) is 0 Å². The van der Waals surface area contributed by atoms with Crippen molar-refractivity contribution in [3.63, 3.8) is 0 Å². The lowest BCUT2D eigenvalue weighted by atomic mass is 10.1. The number of nitrogens with one attached hydrogen (secondary N) is 1. The van der Waals surface area contributed by atoms with Gasteiger partial charge in [-0.15, -0.1) is 0 Å². The lowest BCUT2D eigenvalue weighted by Gasteiger charge is -2.19. The summed E-state index contributed by atoms with van der Waals surface area (Å²) in [6.07, 6.45) is 9.50. The van der Waals surface area contributed by atoms with Crippen LogP contribution in [0, 0.1) is 0 Å². The van der Waals surface area contributed by atoms with E-state index < -0.39 is 0 Å². The Morgan fingerprint density at radius 1 is 1.42 bits per heavy atom. The summed E-state index contributed by atoms with van der Waals surface area (Å²) in [6, 6.07) is 0. The van der Waals surface area contributed by atoms with Gasteiger partial charge in [-0.3, -0.25) is 0 Å². The molecule has 0 aliphatic carbocycles. The Morgan fingerprint density at radius 3 is 2.79 bits per heavy atom. The molecule has 0 atom stereocenters. The van der Waals surface area contributed by atoms with Crippen LogP contribution >= 0.6 is 0 Å². The van der Waals surface area contributed by atoms with Gasteiger partial charge in [0.2, 0.25) is 0 Å². The molecule has 0 aromatic carbocycles. The largest absolute Gasteiger partial charge is 0.335 e. The monoisotopic (exact) mass is 263 g/mol. The molecule has 0 aliphatic heterocycles. The van der Waals surface area contributed by atoms with E-state index in [9.17, 15) is 0 Å². The highest BCUT2D eigenvalue weighted by Gasteiger charge is 2.07. The van der Waals surface area contributed by atoms with E-state index in [1.165, 1.54) is 11.4 Å². The smallest absolute Gasteiger partial charge is 0.112 e. The predicted octanol–water partition coefficient (Wildman–Crippen LogP) is 3.56. The van der Waals surface area contributed by atoms with Crippen molar-refractivity contribution in [3.05, 3.63) is 29.9 Å². The van der Waals surface area contributed by atoms with Gasteiger partial charge in [-0.2, -0.15) is 0 Å². The third kappa shape index (κ3) is 6.58. The molecule has 0 bridgehead atoms. The van der Waals surface area contributed by atoms with Crippen molar-refractivity contribution < 1.29 is 0 Å². The second kappa shape index (κ2) is 7.49. The van der Waals surface area contributed by atoms with Crippen LogP contribution in [-0.4, -0.2) is 21.6 Å². The van der Waals surface area contributed by atoms with Gasteiger partial charge in [-0.05, 0) is 47.1 Å². The first-order valence-corrected chi connectivity index (χ1v) is 7.33. The fourth-order valence-corrected chi connectivity index (χ4v) is 2.04. The highest BCUT2D eigenvalue weighted by molar-refractivity contribution is 5.08. The van der Waals surface area contributed by atoms with Crippen molar-refractivity contribution in [2.45, 2.75) is 66.0 Å². The highest BCUT2D eigenvalue weighted by Crippen LogP contribution is 2.08. The Balaban J connectivity index is 2.41. The summed E-state index contributed by atoms with van der Waals surface area (Å²) in [5.74, 6) is 1.18. The molecule has 19 heavy (non-hydrogen) atoms.